The van der Waals surface area contributed by atoms with Crippen LogP contribution in [0.3, 0.4) is 0 Å². The summed E-state index contributed by atoms with van der Waals surface area (Å²) in [6.45, 7) is 6.67. The number of hydrogen-bond donors (Lipinski definition) is 1. The predicted octanol–water partition coefficient (Wildman–Crippen LogP) is 1.22. The third-order valence-corrected chi connectivity index (χ3v) is 6.08. The third kappa shape index (κ3) is 3.25. The van der Waals surface area contributed by atoms with Gasteiger partial charge in [-0.1, -0.05) is 13.8 Å². The van der Waals surface area contributed by atoms with Crippen molar-refractivity contribution in [3.05, 3.63) is 0 Å². The van der Waals surface area contributed by atoms with E-state index < -0.39 is 9.84 Å². The highest BCUT2D eigenvalue weighted by atomic mass is 32.2. The maximum absolute atomic E-state index is 11.7. The first kappa shape index (κ1) is 14.3. The largest absolute Gasteiger partial charge is 0.381 e. The monoisotopic (exact) mass is 275 g/mol. The first-order chi connectivity index (χ1) is 8.44. The molecule has 0 aliphatic carbocycles. The minimum atomic E-state index is -2.80. The Bertz CT molecular complexity index is 372. The van der Waals surface area contributed by atoms with Crippen LogP contribution in [0.2, 0.25) is 0 Å². The summed E-state index contributed by atoms with van der Waals surface area (Å²) in [5.74, 6) is 0.992. The van der Waals surface area contributed by atoms with Crippen LogP contribution in [0.25, 0.3) is 0 Å². The molecule has 0 aromatic carbocycles. The maximum Gasteiger partial charge on any atom is 0.150 e. The van der Waals surface area contributed by atoms with E-state index in [2.05, 4.69) is 19.2 Å². The first-order valence-electron chi connectivity index (χ1n) is 6.95. The molecule has 0 saturated carbocycles. The second kappa shape index (κ2) is 5.47. The van der Waals surface area contributed by atoms with E-state index in [0.717, 1.165) is 32.4 Å². The molecular weight excluding hydrogens is 250 g/mol. The molecule has 5 heteroatoms. The molecule has 2 fully saturated rings. The van der Waals surface area contributed by atoms with Crippen LogP contribution in [0.4, 0.5) is 0 Å². The lowest BCUT2D eigenvalue weighted by atomic mass is 9.71. The average molecular weight is 275 g/mol. The molecule has 4 nitrogen and oxygen atoms in total. The van der Waals surface area contributed by atoms with Crippen LogP contribution in [0, 0.1) is 11.3 Å². The Morgan fingerprint density at radius 3 is 2.72 bits per heavy atom. The van der Waals surface area contributed by atoms with Gasteiger partial charge in [-0.2, -0.15) is 0 Å². The molecule has 2 aliphatic heterocycles. The van der Waals surface area contributed by atoms with Crippen LogP contribution in [-0.2, 0) is 14.6 Å². The number of nitrogens with one attached hydrogen (secondary N) is 1. The van der Waals surface area contributed by atoms with E-state index in [0.29, 0.717) is 24.2 Å². The normalized spacial score (nSPS) is 36.1. The van der Waals surface area contributed by atoms with Crippen molar-refractivity contribution < 1.29 is 13.2 Å². The van der Waals surface area contributed by atoms with Crippen LogP contribution in [0.15, 0.2) is 0 Å². The molecule has 0 amide bonds. The van der Waals surface area contributed by atoms with Gasteiger partial charge >= 0.3 is 0 Å². The number of ether oxygens (including phenoxy) is 1. The number of hydrogen-bond acceptors (Lipinski definition) is 4. The fourth-order valence-corrected chi connectivity index (χ4v) is 5.11. The number of sulfone groups is 1. The standard InChI is InChI=1S/C13H25NO3S/c1-11(2)14-9-13(5-3-6-17-10-13)12-4-7-18(15,16)8-12/h11-12,14H,3-10H2,1-2H3. The Morgan fingerprint density at radius 2 is 2.22 bits per heavy atom. The Morgan fingerprint density at radius 1 is 1.44 bits per heavy atom. The smallest absolute Gasteiger partial charge is 0.150 e. The van der Waals surface area contributed by atoms with E-state index in [-0.39, 0.29) is 11.3 Å². The van der Waals surface area contributed by atoms with Crippen molar-refractivity contribution in [2.24, 2.45) is 11.3 Å². The minimum Gasteiger partial charge on any atom is -0.381 e. The van der Waals surface area contributed by atoms with Crippen molar-refractivity contribution in [3.63, 3.8) is 0 Å². The molecule has 2 heterocycles. The fourth-order valence-electron chi connectivity index (χ4n) is 3.16. The second-order valence-electron chi connectivity index (χ2n) is 6.15. The summed E-state index contributed by atoms with van der Waals surface area (Å²) in [6.07, 6.45) is 2.95. The molecule has 0 radical (unpaired) electrons. The van der Waals surface area contributed by atoms with Gasteiger partial charge in [-0.15, -0.1) is 0 Å². The van der Waals surface area contributed by atoms with Crippen molar-refractivity contribution in [1.82, 2.24) is 5.32 Å². The highest BCUT2D eigenvalue weighted by Crippen LogP contribution is 2.41. The average Bonchev–Trinajstić information content (AvgIpc) is 2.69. The molecule has 106 valence electrons. The van der Waals surface area contributed by atoms with Crippen molar-refractivity contribution >= 4 is 9.84 Å². The molecule has 0 aromatic rings. The minimum absolute atomic E-state index is 0.0338. The van der Waals surface area contributed by atoms with E-state index in [4.69, 9.17) is 4.74 Å². The van der Waals surface area contributed by atoms with E-state index in [9.17, 15) is 8.42 Å². The van der Waals surface area contributed by atoms with Crippen LogP contribution in [0.1, 0.15) is 33.1 Å². The zero-order chi connectivity index (χ0) is 13.2. The van der Waals surface area contributed by atoms with Gasteiger partial charge in [0.1, 0.15) is 0 Å². The Kier molecular flexibility index (Phi) is 4.34. The van der Waals surface area contributed by atoms with Crippen molar-refractivity contribution in [1.29, 1.82) is 0 Å². The molecule has 2 unspecified atom stereocenters. The lowest BCUT2D eigenvalue weighted by Gasteiger charge is -2.42. The molecule has 0 bridgehead atoms. The summed E-state index contributed by atoms with van der Waals surface area (Å²) >= 11 is 0. The van der Waals surface area contributed by atoms with Gasteiger partial charge in [-0.25, -0.2) is 8.42 Å². The highest BCUT2D eigenvalue weighted by Gasteiger charge is 2.45. The van der Waals surface area contributed by atoms with Gasteiger partial charge in [0.2, 0.25) is 0 Å². The zero-order valence-corrected chi connectivity index (χ0v) is 12.3. The molecular formula is C13H25NO3S. The van der Waals surface area contributed by atoms with E-state index in [1.54, 1.807) is 0 Å². The molecule has 2 atom stereocenters. The van der Waals surface area contributed by atoms with E-state index >= 15 is 0 Å². The lowest BCUT2D eigenvalue weighted by Crippen LogP contribution is -2.48. The van der Waals surface area contributed by atoms with Gasteiger partial charge in [-0.05, 0) is 25.2 Å². The molecule has 18 heavy (non-hydrogen) atoms. The van der Waals surface area contributed by atoms with Gasteiger partial charge in [0.15, 0.2) is 9.84 Å². The van der Waals surface area contributed by atoms with Crippen molar-refractivity contribution in [2.45, 2.75) is 39.2 Å². The Balaban J connectivity index is 2.09. The van der Waals surface area contributed by atoms with Gasteiger partial charge in [0.05, 0.1) is 18.1 Å². The molecule has 0 spiro atoms. The van der Waals surface area contributed by atoms with Crippen LogP contribution >= 0.6 is 0 Å². The predicted molar refractivity (Wildman–Crippen MR) is 72.4 cm³/mol. The SMILES string of the molecule is CC(C)NCC1(C2CCS(=O)(=O)C2)CCCOC1. The Hall–Kier alpha value is -0.130. The summed E-state index contributed by atoms with van der Waals surface area (Å²) in [4.78, 5) is 0. The first-order valence-corrected chi connectivity index (χ1v) is 8.77. The van der Waals surface area contributed by atoms with Gasteiger partial charge < -0.3 is 10.1 Å². The van der Waals surface area contributed by atoms with Gasteiger partial charge in [-0.3, -0.25) is 0 Å². The molecule has 2 saturated heterocycles. The number of rotatable bonds is 4. The second-order valence-corrected chi connectivity index (χ2v) is 8.38. The van der Waals surface area contributed by atoms with Crippen LogP contribution < -0.4 is 5.32 Å². The summed E-state index contributed by atoms with van der Waals surface area (Å²) < 4.78 is 29.1. The molecule has 0 aromatic heterocycles. The summed E-state index contributed by atoms with van der Waals surface area (Å²) in [5.41, 5.74) is 0.0338. The van der Waals surface area contributed by atoms with Gasteiger partial charge in [0.25, 0.3) is 0 Å². The summed E-state index contributed by atoms with van der Waals surface area (Å²) in [5, 5.41) is 3.49. The molecule has 2 rings (SSSR count). The quantitative estimate of drug-likeness (QED) is 0.838. The van der Waals surface area contributed by atoms with E-state index in [1.807, 2.05) is 0 Å². The highest BCUT2D eigenvalue weighted by molar-refractivity contribution is 7.91. The van der Waals surface area contributed by atoms with Crippen LogP contribution in [0.5, 0.6) is 0 Å². The van der Waals surface area contributed by atoms with Gasteiger partial charge in [0, 0.05) is 24.6 Å². The topological polar surface area (TPSA) is 55.4 Å². The summed E-state index contributed by atoms with van der Waals surface area (Å²) in [6, 6.07) is 0.432. The van der Waals surface area contributed by atoms with Crippen LogP contribution in [-0.4, -0.2) is 45.7 Å². The zero-order valence-electron chi connectivity index (χ0n) is 11.4. The third-order valence-electron chi connectivity index (χ3n) is 4.31. The maximum atomic E-state index is 11.7. The Labute approximate surface area is 110 Å². The van der Waals surface area contributed by atoms with E-state index in [1.165, 1.54) is 0 Å². The fraction of sp³-hybridized carbons (Fsp3) is 1.00. The van der Waals surface area contributed by atoms with Crippen molar-refractivity contribution in [3.8, 4) is 0 Å². The lowest BCUT2D eigenvalue weighted by molar-refractivity contribution is -0.0366. The molecule has 1 N–H and O–H groups in total. The molecule has 2 aliphatic rings. The van der Waals surface area contributed by atoms with Crippen molar-refractivity contribution in [2.75, 3.05) is 31.3 Å². The summed E-state index contributed by atoms with van der Waals surface area (Å²) in [7, 11) is -2.80.